The molecule has 4 rings (SSSR count). The number of carbonyl (C=O) groups is 3. The van der Waals surface area contributed by atoms with Crippen LogP contribution in [0.1, 0.15) is 33.2 Å². The minimum atomic E-state index is -4.69. The Kier molecular flexibility index (Phi) is 6.55. The Morgan fingerprint density at radius 2 is 2.00 bits per heavy atom. The summed E-state index contributed by atoms with van der Waals surface area (Å²) in [5, 5.41) is 9.96. The van der Waals surface area contributed by atoms with Crippen molar-refractivity contribution < 1.29 is 32.3 Å². The summed E-state index contributed by atoms with van der Waals surface area (Å²) in [5.41, 5.74) is 6.17. The third-order valence-corrected chi connectivity index (χ3v) is 5.77. The van der Waals surface area contributed by atoms with E-state index in [4.69, 9.17) is 10.5 Å². The molecule has 188 valence electrons. The molecule has 1 atom stereocenters. The first-order valence-corrected chi connectivity index (χ1v) is 10.6. The van der Waals surface area contributed by atoms with E-state index >= 15 is 0 Å². The van der Waals surface area contributed by atoms with Gasteiger partial charge in [-0.2, -0.15) is 18.3 Å². The molecule has 10 nitrogen and oxygen atoms in total. The number of rotatable bonds is 7. The van der Waals surface area contributed by atoms with Crippen molar-refractivity contribution in [3.8, 4) is 16.9 Å². The topological polar surface area (TPSA) is 142 Å². The van der Waals surface area contributed by atoms with Gasteiger partial charge in [0.15, 0.2) is 5.82 Å². The lowest BCUT2D eigenvalue weighted by molar-refractivity contribution is -0.140. The Bertz CT molecular complexity index is 1310. The molecule has 0 fully saturated rings. The number of anilines is 1. The highest BCUT2D eigenvalue weighted by atomic mass is 19.4. The second-order valence-electron chi connectivity index (χ2n) is 7.98. The second kappa shape index (κ2) is 9.60. The van der Waals surface area contributed by atoms with Gasteiger partial charge in [-0.05, 0) is 28.8 Å². The average Bonchev–Trinajstić information content (AvgIpc) is 3.38. The summed E-state index contributed by atoms with van der Waals surface area (Å²) in [6.45, 7) is 0.313. The average molecular weight is 502 g/mol. The third kappa shape index (κ3) is 4.80. The molecule has 1 aliphatic rings. The van der Waals surface area contributed by atoms with Crippen molar-refractivity contribution in [3.63, 3.8) is 0 Å². The smallest absolute Gasteiger partial charge is 0.433 e. The van der Waals surface area contributed by atoms with Gasteiger partial charge in [-0.3, -0.25) is 20.0 Å². The number of ether oxygens (including phenoxy) is 1. The van der Waals surface area contributed by atoms with E-state index in [9.17, 15) is 27.6 Å². The molecule has 0 saturated heterocycles. The van der Waals surface area contributed by atoms with Gasteiger partial charge in [0.2, 0.25) is 6.41 Å². The molecule has 13 heteroatoms. The van der Waals surface area contributed by atoms with E-state index in [0.717, 1.165) is 5.56 Å². The number of nitrogens with zero attached hydrogens (tertiary/aromatic N) is 2. The molecular weight excluding hydrogens is 481 g/mol. The highest BCUT2D eigenvalue weighted by Crippen LogP contribution is 2.39. The van der Waals surface area contributed by atoms with Crippen LogP contribution in [0.5, 0.6) is 5.75 Å². The minimum Gasteiger partial charge on any atom is -0.497 e. The predicted octanol–water partition coefficient (Wildman–Crippen LogP) is 2.84. The van der Waals surface area contributed by atoms with Gasteiger partial charge in [-0.25, -0.2) is 4.79 Å². The number of nitrogen functional groups attached to an aromatic ring is 1. The minimum absolute atomic E-state index is 0.0309. The highest BCUT2D eigenvalue weighted by molar-refractivity contribution is 5.98. The molecule has 0 radical (unpaired) electrons. The quantitative estimate of drug-likeness (QED) is 0.366. The number of H-pyrrole nitrogens is 1. The van der Waals surface area contributed by atoms with Crippen molar-refractivity contribution in [1.82, 2.24) is 25.7 Å². The summed E-state index contributed by atoms with van der Waals surface area (Å²) in [6, 6.07) is 9.36. The number of benzene rings is 2. The van der Waals surface area contributed by atoms with E-state index in [-0.39, 0.29) is 42.4 Å². The van der Waals surface area contributed by atoms with E-state index in [0.29, 0.717) is 16.9 Å². The van der Waals surface area contributed by atoms with Crippen LogP contribution in [0.3, 0.4) is 0 Å². The van der Waals surface area contributed by atoms with Crippen molar-refractivity contribution in [2.75, 3.05) is 19.4 Å². The van der Waals surface area contributed by atoms with Crippen LogP contribution in [0.15, 0.2) is 42.5 Å². The number of hydrogen-bond acceptors (Lipinski definition) is 6. The molecule has 0 aliphatic carbocycles. The number of amides is 4. The first-order chi connectivity index (χ1) is 17.1. The Labute approximate surface area is 202 Å². The zero-order chi connectivity index (χ0) is 26.0. The molecule has 3 aromatic rings. The van der Waals surface area contributed by atoms with Crippen molar-refractivity contribution in [3.05, 3.63) is 64.8 Å². The highest BCUT2D eigenvalue weighted by Gasteiger charge is 2.37. The summed E-state index contributed by atoms with van der Waals surface area (Å²) in [6.07, 6.45) is -4.48. The SMILES string of the molecule is COc1ccc2c(c1)C(=O)N(C[C@H](NC(=O)NC=O)c1ccc(-c3c(N)n[nH]c3C(F)(F)F)cc1)C2. The lowest BCUT2D eigenvalue weighted by Crippen LogP contribution is -2.42. The number of halogens is 3. The van der Waals surface area contributed by atoms with Crippen LogP contribution in [-0.4, -0.2) is 47.1 Å². The number of nitrogens with two attached hydrogens (primary N) is 1. The largest absolute Gasteiger partial charge is 0.497 e. The normalized spacial score (nSPS) is 13.8. The summed E-state index contributed by atoms with van der Waals surface area (Å²) < 4.78 is 45.2. The Morgan fingerprint density at radius 1 is 1.28 bits per heavy atom. The second-order valence-corrected chi connectivity index (χ2v) is 7.98. The zero-order valence-electron chi connectivity index (χ0n) is 18.8. The van der Waals surface area contributed by atoms with Crippen molar-refractivity contribution in [1.29, 1.82) is 0 Å². The molecule has 1 aromatic heterocycles. The van der Waals surface area contributed by atoms with E-state index < -0.39 is 23.9 Å². The van der Waals surface area contributed by atoms with Gasteiger partial charge >= 0.3 is 12.2 Å². The number of nitrogens with one attached hydrogen (secondary N) is 3. The van der Waals surface area contributed by atoms with Crippen LogP contribution in [0.25, 0.3) is 11.1 Å². The first-order valence-electron chi connectivity index (χ1n) is 10.6. The van der Waals surface area contributed by atoms with E-state index in [1.54, 1.807) is 18.2 Å². The summed E-state index contributed by atoms with van der Waals surface area (Å²) in [4.78, 5) is 37.3. The molecule has 0 unspecified atom stereocenters. The van der Waals surface area contributed by atoms with E-state index in [2.05, 4.69) is 10.4 Å². The van der Waals surface area contributed by atoms with Crippen LogP contribution >= 0.6 is 0 Å². The monoisotopic (exact) mass is 502 g/mol. The fourth-order valence-corrected chi connectivity index (χ4v) is 4.06. The van der Waals surface area contributed by atoms with Crippen LogP contribution in [-0.2, 0) is 17.5 Å². The van der Waals surface area contributed by atoms with Crippen molar-refractivity contribution >= 4 is 24.2 Å². The Morgan fingerprint density at radius 3 is 2.64 bits per heavy atom. The number of aromatic nitrogens is 2. The molecule has 1 aliphatic heterocycles. The van der Waals surface area contributed by atoms with Gasteiger partial charge in [-0.15, -0.1) is 0 Å². The Balaban J connectivity index is 1.61. The molecule has 36 heavy (non-hydrogen) atoms. The number of hydrogen-bond donors (Lipinski definition) is 4. The third-order valence-electron chi connectivity index (χ3n) is 5.77. The zero-order valence-corrected chi connectivity index (χ0v) is 18.8. The maximum atomic E-state index is 13.3. The van der Waals surface area contributed by atoms with Gasteiger partial charge in [0.05, 0.1) is 18.7 Å². The molecular formula is C23H21F3N6O4. The molecule has 0 spiro atoms. The lowest BCUT2D eigenvalue weighted by Gasteiger charge is -2.25. The molecule has 5 N–H and O–H groups in total. The molecule has 0 bridgehead atoms. The predicted molar refractivity (Wildman–Crippen MR) is 122 cm³/mol. The van der Waals surface area contributed by atoms with Crippen LogP contribution in [0, 0.1) is 0 Å². The first kappa shape index (κ1) is 24.6. The number of urea groups is 1. The maximum absolute atomic E-state index is 13.3. The molecule has 4 amide bonds. The number of methoxy groups -OCH3 is 1. The summed E-state index contributed by atoms with van der Waals surface area (Å²) in [5.74, 6) is -0.0635. The van der Waals surface area contributed by atoms with E-state index in [1.807, 2.05) is 10.4 Å². The van der Waals surface area contributed by atoms with Gasteiger partial charge in [0, 0.05) is 18.7 Å². The molecule has 2 aromatic carbocycles. The molecule has 2 heterocycles. The van der Waals surface area contributed by atoms with Crippen LogP contribution in [0.2, 0.25) is 0 Å². The fraction of sp³-hybridized carbons (Fsp3) is 0.217. The van der Waals surface area contributed by atoms with Gasteiger partial charge in [0.25, 0.3) is 5.91 Å². The number of carbonyl (C=O) groups excluding carboxylic acids is 3. The van der Waals surface area contributed by atoms with Gasteiger partial charge < -0.3 is 20.7 Å². The Hall–Kier alpha value is -4.55. The van der Waals surface area contributed by atoms with Gasteiger partial charge in [-0.1, -0.05) is 30.3 Å². The lowest BCUT2D eigenvalue weighted by atomic mass is 10.00. The van der Waals surface area contributed by atoms with Crippen LogP contribution in [0.4, 0.5) is 23.8 Å². The van der Waals surface area contributed by atoms with Crippen LogP contribution < -0.4 is 21.1 Å². The standard InChI is InChI=1S/C23H21F3N6O4/c1-36-15-7-6-14-9-32(21(34)16(14)8-15)10-17(29-22(35)28-11-33)12-2-4-13(5-3-12)18-19(23(24,25)26)30-31-20(18)27/h2-8,11,17H,9-10H2,1H3,(H3,27,30,31)(H2,28,29,33,35)/t17-/m0/s1. The molecule has 0 saturated carbocycles. The number of alkyl halides is 3. The van der Waals surface area contributed by atoms with Crippen molar-refractivity contribution in [2.45, 2.75) is 18.8 Å². The van der Waals surface area contributed by atoms with Gasteiger partial charge in [0.1, 0.15) is 11.4 Å². The number of fused-ring (bicyclic) bond motifs is 1. The number of imide groups is 1. The van der Waals surface area contributed by atoms with Crippen molar-refractivity contribution in [2.24, 2.45) is 0 Å². The number of aromatic amines is 1. The maximum Gasteiger partial charge on any atom is 0.433 e. The van der Waals surface area contributed by atoms with E-state index in [1.165, 1.54) is 36.3 Å². The summed E-state index contributed by atoms with van der Waals surface area (Å²) in [7, 11) is 1.49. The summed E-state index contributed by atoms with van der Waals surface area (Å²) >= 11 is 0. The fourth-order valence-electron chi connectivity index (χ4n) is 4.06.